The fourth-order valence-electron chi connectivity index (χ4n) is 6.49. The van der Waals surface area contributed by atoms with E-state index in [1.807, 2.05) is 0 Å². The topological polar surface area (TPSA) is 419 Å². The van der Waals surface area contributed by atoms with Crippen molar-refractivity contribution in [2.75, 3.05) is 31.7 Å². The summed E-state index contributed by atoms with van der Waals surface area (Å²) < 4.78 is 51.1. The van der Waals surface area contributed by atoms with Gasteiger partial charge in [0.05, 0.1) is 54.4 Å². The lowest BCUT2D eigenvalue weighted by atomic mass is 9.96. The number of carboxylic acids is 1. The van der Waals surface area contributed by atoms with Gasteiger partial charge < -0.3 is 29.1 Å². The second-order valence-corrected chi connectivity index (χ2v) is 16.2. The number of nitrogens with two attached hydrogens (primary N) is 1. The molecule has 1 fully saturated rings. The molecule has 30 nitrogen and oxygen atoms in total. The van der Waals surface area contributed by atoms with Crippen molar-refractivity contribution < 1.29 is 56.5 Å². The molecule has 79 heavy (non-hydrogen) atoms. The van der Waals surface area contributed by atoms with Gasteiger partial charge in [-0.15, -0.1) is 0 Å². The van der Waals surface area contributed by atoms with Gasteiger partial charge in [-0.25, -0.2) is 49.4 Å². The number of anilines is 1. The number of carbonyl (C=O) groups excluding carboxylic acids is 5. The smallest absolute Gasteiger partial charge is 0.391 e. The summed E-state index contributed by atoms with van der Waals surface area (Å²) in [5.41, 5.74) is 3.91. The first-order valence-electron chi connectivity index (χ1n) is 23.2. The number of likely N-dealkylation sites (tertiary alicyclic amines) is 1. The number of esters is 2. The quantitative estimate of drug-likeness (QED) is 0.0295. The zero-order valence-electron chi connectivity index (χ0n) is 42.8. The number of halogens is 3. The summed E-state index contributed by atoms with van der Waals surface area (Å²) in [6, 6.07) is 5.43. The Morgan fingerprint density at radius 3 is 1.43 bits per heavy atom. The van der Waals surface area contributed by atoms with Crippen molar-refractivity contribution in [1.29, 1.82) is 0 Å². The minimum atomic E-state index is -4.22. The molecule has 0 aromatic carbocycles. The Morgan fingerprint density at radius 2 is 1.06 bits per heavy atom. The first kappa shape index (κ1) is 61.5. The van der Waals surface area contributed by atoms with E-state index in [1.54, 1.807) is 41.5 Å². The third-order valence-corrected chi connectivity index (χ3v) is 10.1. The Hall–Kier alpha value is -10.1. The van der Waals surface area contributed by atoms with Gasteiger partial charge in [-0.2, -0.15) is 28.5 Å². The van der Waals surface area contributed by atoms with Crippen LogP contribution in [0.2, 0.25) is 0 Å². The Bertz CT molecular complexity index is 3470. The molecule has 1 aliphatic heterocycles. The van der Waals surface area contributed by atoms with E-state index in [2.05, 4.69) is 65.3 Å². The number of rotatable bonds is 12. The summed E-state index contributed by atoms with van der Waals surface area (Å²) in [5, 5.41) is 20.5. The van der Waals surface area contributed by atoms with Crippen LogP contribution in [0.15, 0.2) is 80.6 Å². The van der Waals surface area contributed by atoms with Crippen LogP contribution in [0.25, 0.3) is 17.8 Å². The molecule has 0 aliphatic carbocycles. The molecule has 1 aliphatic rings. The van der Waals surface area contributed by atoms with Crippen molar-refractivity contribution in [1.82, 2.24) is 74.1 Å². The number of ether oxygens (including phenoxy) is 2. The second kappa shape index (κ2) is 28.7. The highest BCUT2D eigenvalue weighted by Gasteiger charge is 2.42. The number of aromatic carboxylic acids is 1. The predicted octanol–water partition coefficient (Wildman–Crippen LogP) is 1.01. The van der Waals surface area contributed by atoms with Gasteiger partial charge in [0.25, 0.3) is 28.1 Å². The molecule has 1 amide bonds. The van der Waals surface area contributed by atoms with Gasteiger partial charge in [0.2, 0.25) is 23.8 Å². The number of hydrogen-bond donors (Lipinski definition) is 7. The predicted molar refractivity (Wildman–Crippen MR) is 267 cm³/mol. The minimum Gasteiger partial charge on any atom is -0.478 e. The van der Waals surface area contributed by atoms with Crippen LogP contribution in [0, 0.1) is 39.5 Å². The van der Waals surface area contributed by atoms with Crippen molar-refractivity contribution in [2.24, 2.45) is 17.7 Å². The summed E-state index contributed by atoms with van der Waals surface area (Å²) in [6.07, 6.45) is 4.07. The van der Waals surface area contributed by atoms with E-state index in [-0.39, 0.29) is 108 Å². The number of nitrogens with one attached hydrogen (secondary N) is 5. The monoisotopic (exact) mass is 1110 g/mol. The highest BCUT2D eigenvalue weighted by Crippen LogP contribution is 2.34. The van der Waals surface area contributed by atoms with Gasteiger partial charge in [-0.1, -0.05) is 0 Å². The largest absolute Gasteiger partial charge is 0.478 e. The Labute approximate surface area is 442 Å². The number of aryl methyl sites for hydroxylation is 4. The number of hydrazine groups is 1. The number of H-pyrrole nitrogens is 4. The van der Waals surface area contributed by atoms with E-state index in [4.69, 9.17) is 15.7 Å². The third-order valence-electron chi connectivity index (χ3n) is 10.1. The number of nitrogen functional groups attached to an aromatic ring is 1. The fourth-order valence-corrected chi connectivity index (χ4v) is 6.49. The van der Waals surface area contributed by atoms with Crippen LogP contribution in [0.1, 0.15) is 80.5 Å². The number of carboxylic acid groups (broad SMARTS) is 1. The normalized spacial score (nSPS) is 11.9. The zero-order valence-corrected chi connectivity index (χ0v) is 42.8. The molecule has 0 radical (unpaired) electrons. The van der Waals surface area contributed by atoms with Gasteiger partial charge >= 0.3 is 24.1 Å². The summed E-state index contributed by atoms with van der Waals surface area (Å²) in [4.78, 5) is 137. The molecule has 7 aromatic rings. The van der Waals surface area contributed by atoms with Crippen LogP contribution < -0.4 is 33.5 Å². The van der Waals surface area contributed by atoms with Crippen LogP contribution in [-0.4, -0.2) is 148 Å². The van der Waals surface area contributed by atoms with Crippen LogP contribution >= 0.6 is 0 Å². The van der Waals surface area contributed by atoms with E-state index in [0.717, 1.165) is 0 Å². The summed E-state index contributed by atoms with van der Waals surface area (Å²) in [6.45, 7) is 10.6. The van der Waals surface area contributed by atoms with E-state index in [0.29, 0.717) is 34.9 Å². The zero-order chi connectivity index (χ0) is 58.6. The van der Waals surface area contributed by atoms with Crippen LogP contribution in [0.3, 0.4) is 0 Å². The lowest BCUT2D eigenvalue weighted by molar-refractivity contribution is -0.183. The molecule has 1 saturated heterocycles. The molecule has 0 bridgehead atoms. The number of amides is 1. The van der Waals surface area contributed by atoms with E-state index < -0.39 is 35.9 Å². The Kier molecular flexibility index (Phi) is 22.3. The molecule has 8 rings (SSSR count). The van der Waals surface area contributed by atoms with Gasteiger partial charge in [0.15, 0.2) is 5.92 Å². The Balaban J connectivity index is 0.000000222. The average Bonchev–Trinajstić information content (AvgIpc) is 4.22. The number of carbonyl (C=O) groups is 6. The number of aromatic amines is 4. The first-order valence-corrected chi connectivity index (χ1v) is 23.2. The lowest BCUT2D eigenvalue weighted by Gasteiger charge is -2.32. The number of nitrogens with zero attached hydrogens (tertiary/aromatic N) is 11. The number of alkyl halides is 3. The maximum absolute atomic E-state index is 12.7. The first-order chi connectivity index (χ1) is 37.4. The van der Waals surface area contributed by atoms with E-state index in [1.165, 1.54) is 80.4 Å². The second-order valence-electron chi connectivity index (χ2n) is 16.2. The van der Waals surface area contributed by atoms with Crippen LogP contribution in [0.4, 0.5) is 19.1 Å². The van der Waals surface area contributed by atoms with Gasteiger partial charge in [0, 0.05) is 78.7 Å². The molecule has 420 valence electrons. The SMILES string of the molecule is CCOC(=O)C(C=O)C=O.CCOC(=O)c1cnn(-c2nc(C)cc(=O)[nH]2)c1.Cc1cc(=O)[nH]c(-n2cc(C(=O)N3CCC(C(F)(F)F)CC3)cn2)n1.Cc1cc(=O)[nH]c(-n2cc(C(=O)O)cn2)n1.Cc1cc(=O)[nH]c(NN)n1. The molecular formula is C46H52F3N17O13. The molecule has 0 unspecified atom stereocenters. The summed E-state index contributed by atoms with van der Waals surface area (Å²) in [7, 11) is 0. The van der Waals surface area contributed by atoms with Crippen molar-refractivity contribution in [2.45, 2.75) is 60.6 Å². The van der Waals surface area contributed by atoms with Crippen LogP contribution in [0.5, 0.6) is 0 Å². The average molecular weight is 1110 g/mol. The standard InChI is InChI=1S/C15H16F3N5O2.C11H12N4O3.C9H8N4O3.C6H8O4.C5H8N4O/c1-9-6-12(24)21-14(20-9)23-8-10(7-19-23)13(25)22-4-2-11(3-5-22)15(16,17)18;1-3-18-10(17)8-5-12-15(6-8)11-13-7(2)4-9(16)14-11;1-5-2-7(14)12-9(11-5)13-4-6(3-10-13)8(15)16;1-2-10-6(9)5(3-7)4-8;1-3-2-4(10)8-5(7-3)9-6/h6-8,11H,2-5H2,1H3,(H,20,21,24);4-6H,3H2,1-2H3,(H,13,14,16);2-4H,1H3,(H,15,16)(H,11,12,14);3-5H,2H2,1H3;2H,6H2,1H3,(H2,7,8,9,10). The van der Waals surface area contributed by atoms with Crippen LogP contribution in [-0.2, 0) is 23.9 Å². The summed E-state index contributed by atoms with van der Waals surface area (Å²) >= 11 is 0. The van der Waals surface area contributed by atoms with Gasteiger partial charge in [-0.05, 0) is 54.4 Å². The molecule has 7 aromatic heterocycles. The van der Waals surface area contributed by atoms with Crippen molar-refractivity contribution >= 4 is 42.3 Å². The van der Waals surface area contributed by atoms with Crippen molar-refractivity contribution in [3.63, 3.8) is 0 Å². The fraction of sp³-hybridized carbons (Fsp3) is 0.326. The molecule has 33 heteroatoms. The van der Waals surface area contributed by atoms with E-state index in [9.17, 15) is 61.1 Å². The van der Waals surface area contributed by atoms with E-state index >= 15 is 0 Å². The summed E-state index contributed by atoms with van der Waals surface area (Å²) in [5.74, 6) is 0.582. The highest BCUT2D eigenvalue weighted by molar-refractivity contribution is 6.02. The number of hydrogen-bond acceptors (Lipinski definition) is 21. The minimum absolute atomic E-state index is 0.0316. The molecule has 8 heterocycles. The molecule has 0 saturated carbocycles. The Morgan fingerprint density at radius 1 is 0.671 bits per heavy atom. The van der Waals surface area contributed by atoms with Crippen molar-refractivity contribution in [3.8, 4) is 17.8 Å². The third kappa shape index (κ3) is 18.9. The number of piperidine rings is 1. The molecule has 0 atom stereocenters. The highest BCUT2D eigenvalue weighted by atomic mass is 19.4. The molecule has 8 N–H and O–H groups in total. The maximum Gasteiger partial charge on any atom is 0.391 e. The molecule has 0 spiro atoms. The number of aldehydes is 2. The van der Waals surface area contributed by atoms with Gasteiger partial charge in [-0.3, -0.25) is 54.1 Å². The molecular weight excluding hydrogens is 1060 g/mol. The van der Waals surface area contributed by atoms with Gasteiger partial charge in [0.1, 0.15) is 12.6 Å². The maximum atomic E-state index is 12.7. The lowest BCUT2D eigenvalue weighted by Crippen LogP contribution is -2.42. The number of aromatic nitrogens is 14. The van der Waals surface area contributed by atoms with Crippen molar-refractivity contribution in [3.05, 3.63) is 142 Å².